The molecule has 10 aromatic rings. The topological polar surface area (TPSA) is 21.3 Å². The predicted octanol–water partition coefficient (Wildman–Crippen LogP) is 15.5. The summed E-state index contributed by atoms with van der Waals surface area (Å²) in [6.07, 6.45) is 7.03. The Hall–Kier alpha value is -6.84. The Morgan fingerprint density at radius 1 is 0.443 bits per heavy atom. The van der Waals surface area contributed by atoms with Gasteiger partial charge in [0.25, 0.3) is 0 Å². The molecule has 292 valence electrons. The van der Waals surface area contributed by atoms with Gasteiger partial charge >= 0.3 is 0 Å². The molecular weight excluding hydrogens is 741 g/mol. The fraction of sp³-hybridized carbons (Fsp3) is 0.172. The van der Waals surface area contributed by atoms with Gasteiger partial charge in [-0.05, 0) is 150 Å². The van der Waals surface area contributed by atoms with Crippen LogP contribution in [0.25, 0.3) is 71.7 Å². The SMILES string of the molecule is c1ccc2c(c1)-c1cc(N(c3ccc(-c4cccc5c4oc4ccccc45)cc3)c3ccc(-n4c5ccccc5c5ccccc54)cc3)ccc1C21C2CC3CC(C2)CC1C3. The maximum Gasteiger partial charge on any atom is 0.143 e. The van der Waals surface area contributed by atoms with E-state index in [0.29, 0.717) is 0 Å². The van der Waals surface area contributed by atoms with Gasteiger partial charge in [-0.2, -0.15) is 0 Å². The molecule has 5 aliphatic carbocycles. The van der Waals surface area contributed by atoms with Crippen molar-refractivity contribution in [1.29, 1.82) is 0 Å². The van der Waals surface area contributed by atoms with Crippen molar-refractivity contribution in [2.75, 3.05) is 4.90 Å². The Morgan fingerprint density at radius 2 is 1.00 bits per heavy atom. The van der Waals surface area contributed by atoms with Gasteiger partial charge in [0.15, 0.2) is 0 Å². The molecule has 0 radical (unpaired) electrons. The van der Waals surface area contributed by atoms with Crippen LogP contribution in [0.1, 0.15) is 43.2 Å². The Morgan fingerprint density at radius 3 is 1.72 bits per heavy atom. The normalized spacial score (nSPS) is 22.2. The van der Waals surface area contributed by atoms with E-state index in [2.05, 4.69) is 185 Å². The van der Waals surface area contributed by atoms with Gasteiger partial charge in [-0.1, -0.05) is 115 Å². The zero-order chi connectivity index (χ0) is 39.8. The minimum absolute atomic E-state index is 0.145. The fourth-order valence-electron chi connectivity index (χ4n) is 13.4. The molecule has 15 rings (SSSR count). The van der Waals surface area contributed by atoms with E-state index < -0.39 is 0 Å². The van der Waals surface area contributed by atoms with Gasteiger partial charge in [-0.15, -0.1) is 0 Å². The molecule has 0 saturated heterocycles. The molecule has 0 N–H and O–H groups in total. The van der Waals surface area contributed by atoms with E-state index in [1.54, 1.807) is 11.1 Å². The number of benzene rings is 8. The second-order valence-electron chi connectivity index (χ2n) is 18.5. The molecule has 0 aliphatic heterocycles. The van der Waals surface area contributed by atoms with E-state index in [9.17, 15) is 0 Å². The Kier molecular flexibility index (Phi) is 7.01. The smallest absolute Gasteiger partial charge is 0.143 e. The van der Waals surface area contributed by atoms with Crippen molar-refractivity contribution < 1.29 is 4.42 Å². The van der Waals surface area contributed by atoms with Gasteiger partial charge in [0.2, 0.25) is 0 Å². The van der Waals surface area contributed by atoms with E-state index in [1.807, 2.05) is 6.07 Å². The molecule has 5 aliphatic rings. The number of fused-ring (bicyclic) bond motifs is 9. The lowest BCUT2D eigenvalue weighted by Crippen LogP contribution is -2.55. The van der Waals surface area contributed by atoms with Crippen LogP contribution in [-0.2, 0) is 5.41 Å². The highest BCUT2D eigenvalue weighted by Gasteiger charge is 2.61. The third-order valence-corrected chi connectivity index (χ3v) is 15.6. The highest BCUT2D eigenvalue weighted by Crippen LogP contribution is 2.69. The summed E-state index contributed by atoms with van der Waals surface area (Å²) in [4.78, 5) is 2.46. The predicted molar refractivity (Wildman–Crippen MR) is 251 cm³/mol. The van der Waals surface area contributed by atoms with Crippen molar-refractivity contribution in [2.45, 2.75) is 37.5 Å². The quantitative estimate of drug-likeness (QED) is 0.173. The average molecular weight is 785 g/mol. The van der Waals surface area contributed by atoms with Crippen molar-refractivity contribution >= 4 is 60.8 Å². The summed E-state index contributed by atoms with van der Waals surface area (Å²) in [7, 11) is 0. The summed E-state index contributed by atoms with van der Waals surface area (Å²) in [5.41, 5.74) is 17.4. The second-order valence-corrected chi connectivity index (χ2v) is 18.5. The molecule has 4 bridgehead atoms. The molecule has 4 saturated carbocycles. The van der Waals surface area contributed by atoms with Gasteiger partial charge < -0.3 is 13.9 Å². The number of nitrogens with zero attached hydrogens (tertiary/aromatic N) is 2. The number of anilines is 3. The highest BCUT2D eigenvalue weighted by molar-refractivity contribution is 6.10. The minimum Gasteiger partial charge on any atom is -0.455 e. The molecule has 0 unspecified atom stereocenters. The number of rotatable bonds is 5. The van der Waals surface area contributed by atoms with E-state index in [0.717, 1.165) is 73.8 Å². The number of furan rings is 1. The summed E-state index contributed by atoms with van der Waals surface area (Å²) in [5, 5.41) is 4.85. The molecule has 8 aromatic carbocycles. The molecule has 1 spiro atoms. The zero-order valence-electron chi connectivity index (χ0n) is 34.0. The Bertz CT molecular complexity index is 3300. The summed E-state index contributed by atoms with van der Waals surface area (Å²) in [5.74, 6) is 3.33. The van der Waals surface area contributed by atoms with Crippen LogP contribution >= 0.6 is 0 Å². The minimum atomic E-state index is 0.145. The lowest BCUT2D eigenvalue weighted by Gasteiger charge is -2.61. The van der Waals surface area contributed by atoms with Crippen molar-refractivity contribution in [2.24, 2.45) is 23.7 Å². The number of hydrogen-bond acceptors (Lipinski definition) is 2. The molecule has 0 amide bonds. The second kappa shape index (κ2) is 12.6. The Balaban J connectivity index is 0.924. The van der Waals surface area contributed by atoms with Crippen molar-refractivity contribution in [3.8, 4) is 27.9 Å². The molecule has 3 heteroatoms. The summed E-state index contributed by atoms with van der Waals surface area (Å²) in [6, 6.07) is 67.7. The van der Waals surface area contributed by atoms with Crippen LogP contribution in [0, 0.1) is 23.7 Å². The van der Waals surface area contributed by atoms with Gasteiger partial charge in [0, 0.05) is 55.3 Å². The molecule has 2 heterocycles. The largest absolute Gasteiger partial charge is 0.455 e. The van der Waals surface area contributed by atoms with E-state index in [1.165, 1.54) is 70.7 Å². The number of hydrogen-bond donors (Lipinski definition) is 0. The van der Waals surface area contributed by atoms with E-state index in [4.69, 9.17) is 4.42 Å². The third kappa shape index (κ3) is 4.69. The molecule has 0 atom stereocenters. The van der Waals surface area contributed by atoms with Crippen LogP contribution in [0.3, 0.4) is 0 Å². The standard InChI is InChI=1S/C58H44N2O/c1-5-16-52-46(10-1)51-35-44(28-29-53(51)58(52)39-31-36-30-37(33-39)34-40(58)32-36)59(41-22-20-38(21-23-41)45-14-9-15-50-49-13-4-8-19-56(49)61-57(45)50)42-24-26-43(27-25-42)60-54-17-6-2-11-47(54)48-12-3-7-18-55(48)60/h1-29,35-37,39-40H,30-34H2. The lowest BCUT2D eigenvalue weighted by molar-refractivity contribution is -0.0399. The van der Waals surface area contributed by atoms with E-state index >= 15 is 0 Å². The average Bonchev–Trinajstić information content (AvgIpc) is 3.95. The van der Waals surface area contributed by atoms with Crippen LogP contribution in [0.5, 0.6) is 0 Å². The van der Waals surface area contributed by atoms with Gasteiger partial charge in [0.1, 0.15) is 11.2 Å². The van der Waals surface area contributed by atoms with Crippen molar-refractivity contribution in [1.82, 2.24) is 4.57 Å². The maximum atomic E-state index is 6.49. The monoisotopic (exact) mass is 784 g/mol. The first-order valence-corrected chi connectivity index (χ1v) is 22.3. The first-order chi connectivity index (χ1) is 30.2. The van der Waals surface area contributed by atoms with Gasteiger partial charge in [0.05, 0.1) is 11.0 Å². The first kappa shape index (κ1) is 33.9. The Labute approximate surface area is 355 Å². The molecule has 61 heavy (non-hydrogen) atoms. The summed E-state index contributed by atoms with van der Waals surface area (Å²) in [6.45, 7) is 0. The van der Waals surface area contributed by atoms with Crippen LogP contribution in [-0.4, -0.2) is 4.57 Å². The van der Waals surface area contributed by atoms with Crippen LogP contribution in [0.4, 0.5) is 17.1 Å². The van der Waals surface area contributed by atoms with Crippen molar-refractivity contribution in [3.05, 3.63) is 193 Å². The summed E-state index contributed by atoms with van der Waals surface area (Å²) >= 11 is 0. The van der Waals surface area contributed by atoms with Crippen molar-refractivity contribution in [3.63, 3.8) is 0 Å². The molecule has 3 nitrogen and oxygen atoms in total. The fourth-order valence-corrected chi connectivity index (χ4v) is 13.4. The van der Waals surface area contributed by atoms with Crippen LogP contribution in [0.15, 0.2) is 186 Å². The number of para-hydroxylation sites is 4. The summed E-state index contributed by atoms with van der Waals surface area (Å²) < 4.78 is 8.90. The lowest BCUT2D eigenvalue weighted by atomic mass is 9.43. The zero-order valence-corrected chi connectivity index (χ0v) is 34.0. The van der Waals surface area contributed by atoms with Gasteiger partial charge in [-0.3, -0.25) is 0 Å². The molecule has 2 aromatic heterocycles. The van der Waals surface area contributed by atoms with Crippen LogP contribution in [0.2, 0.25) is 0 Å². The van der Waals surface area contributed by atoms with Gasteiger partial charge in [-0.25, -0.2) is 0 Å². The highest BCUT2D eigenvalue weighted by atomic mass is 16.3. The van der Waals surface area contributed by atoms with Crippen LogP contribution < -0.4 is 4.90 Å². The molecular formula is C58H44N2O. The van der Waals surface area contributed by atoms with E-state index in [-0.39, 0.29) is 5.41 Å². The maximum absolute atomic E-state index is 6.49. The first-order valence-electron chi connectivity index (χ1n) is 22.3. The number of aromatic nitrogens is 1. The molecule has 4 fully saturated rings. The third-order valence-electron chi connectivity index (χ3n) is 15.6.